The Morgan fingerprint density at radius 2 is 0.541 bits per heavy atom. The molecule has 0 spiro atoms. The Hall–Kier alpha value is -12.6. The van der Waals surface area contributed by atoms with E-state index in [1.807, 2.05) is 0 Å². The van der Waals surface area contributed by atoms with Crippen molar-refractivity contribution in [2.45, 2.75) is 52.4 Å². The number of fused-ring (bicyclic) bond motifs is 4. The molecule has 4 nitrogen and oxygen atoms in total. The summed E-state index contributed by atoms with van der Waals surface area (Å²) < 4.78 is 12.7. The summed E-state index contributed by atoms with van der Waals surface area (Å²) in [5.41, 5.74) is 22.3. The van der Waals surface area contributed by atoms with Gasteiger partial charge in [-0.3, -0.25) is 0 Å². The largest absolute Gasteiger partial charge is 0.309 e. The molecule has 0 aliphatic heterocycles. The minimum atomic E-state index is -2.75. The van der Waals surface area contributed by atoms with E-state index >= 15 is 0 Å². The van der Waals surface area contributed by atoms with Crippen molar-refractivity contribution in [3.05, 3.63) is 412 Å². The molecule has 0 fully saturated rings. The summed E-state index contributed by atoms with van der Waals surface area (Å²) in [5, 5.41) is 13.2. The van der Waals surface area contributed by atoms with Crippen LogP contribution in [0, 0.1) is 0 Å². The molecule has 0 aliphatic carbocycles. The van der Waals surface area contributed by atoms with Gasteiger partial charge in [-0.05, 0) is 186 Å². The molecule has 18 rings (SSSR count). The van der Waals surface area contributed by atoms with E-state index in [0.717, 1.165) is 78.2 Å². The van der Waals surface area contributed by atoms with E-state index in [1.54, 1.807) is 0 Å². The topological polar surface area (TPSA) is 34.0 Å². The van der Waals surface area contributed by atoms with E-state index in [2.05, 4.69) is 451 Å². The Labute approximate surface area is 657 Å². The predicted molar refractivity (Wildman–Crippen MR) is 478 cm³/mol. The summed E-state index contributed by atoms with van der Waals surface area (Å²) >= 11 is 1.26. The van der Waals surface area contributed by atoms with Gasteiger partial charge in [-0.25, -0.2) is 0 Å². The van der Waals surface area contributed by atoms with Crippen LogP contribution in [0.4, 0.5) is 17.1 Å². The maximum Gasteiger partial charge on any atom is 0.179 e. The van der Waals surface area contributed by atoms with Gasteiger partial charge < -0.3 is 9.47 Å². The van der Waals surface area contributed by atoms with Crippen molar-refractivity contribution in [2.75, 3.05) is 4.90 Å². The molecule has 7 heteroatoms. The molecular formula is C104H84N4SSi2. The molecule has 2 heterocycles. The van der Waals surface area contributed by atoms with Crippen LogP contribution < -0.4 is 46.4 Å². The van der Waals surface area contributed by atoms with Gasteiger partial charge in [0.15, 0.2) is 16.1 Å². The van der Waals surface area contributed by atoms with Crippen molar-refractivity contribution >= 4 is 119 Å². The number of benzene rings is 16. The highest BCUT2D eigenvalue weighted by Crippen LogP contribution is 2.44. The van der Waals surface area contributed by atoms with Gasteiger partial charge in [0.25, 0.3) is 0 Å². The van der Waals surface area contributed by atoms with Crippen LogP contribution in [-0.2, 0) is 10.8 Å². The van der Waals surface area contributed by atoms with Gasteiger partial charge in [0.2, 0.25) is 0 Å². The van der Waals surface area contributed by atoms with Gasteiger partial charge in [-0.1, -0.05) is 369 Å². The van der Waals surface area contributed by atoms with Crippen LogP contribution in [0.1, 0.15) is 52.7 Å². The molecule has 0 aliphatic rings. The van der Waals surface area contributed by atoms with E-state index in [1.165, 1.54) is 97.4 Å². The number of rotatable bonds is 17. The fourth-order valence-electron chi connectivity index (χ4n) is 17.0. The highest BCUT2D eigenvalue weighted by Gasteiger charge is 2.43. The second kappa shape index (κ2) is 29.1. The fourth-order valence-corrected chi connectivity index (χ4v) is 27.1. The molecule has 0 radical (unpaired) electrons. The van der Waals surface area contributed by atoms with Crippen LogP contribution >= 0.6 is 11.7 Å². The Balaban J connectivity index is 0.738. The second-order valence-corrected chi connectivity index (χ2v) is 39.5. The van der Waals surface area contributed by atoms with E-state index in [9.17, 15) is 0 Å². The Bertz CT molecular complexity index is 5780. The fraction of sp³-hybridized carbons (Fsp3) is 0.0769. The highest BCUT2D eigenvalue weighted by atomic mass is 32.1. The minimum absolute atomic E-state index is 0.0719. The number of aromatic nitrogens is 3. The zero-order valence-corrected chi connectivity index (χ0v) is 66.1. The zero-order valence-electron chi connectivity index (χ0n) is 63.3. The quantitative estimate of drug-likeness (QED) is 0.0673. The second-order valence-electron chi connectivity index (χ2n) is 31.4. The smallest absolute Gasteiger partial charge is 0.179 e. The molecule has 0 bridgehead atoms. The maximum atomic E-state index is 5.14. The Morgan fingerprint density at radius 1 is 0.261 bits per heavy atom. The van der Waals surface area contributed by atoms with Crippen molar-refractivity contribution in [2.24, 2.45) is 0 Å². The van der Waals surface area contributed by atoms with Gasteiger partial charge in [0, 0.05) is 33.4 Å². The molecule has 534 valence electrons. The van der Waals surface area contributed by atoms with Gasteiger partial charge in [-0.15, -0.1) is 0 Å². The third-order valence-corrected chi connectivity index (χ3v) is 32.9. The monoisotopic (exact) mass is 1480 g/mol. The normalized spacial score (nSPS) is 12.1. The summed E-state index contributed by atoms with van der Waals surface area (Å²) in [6.07, 6.45) is 0. The standard InChI is InChI=1S/C104H84N4SSi2/c1-103(2,3)82-53-37-73(38-54-82)75-41-57-84(58-42-75)107(85-59-43-76(44-60-85)74-39-55-83(56-40-74)104(4,5)6)100-70-67-95(101-102(100)106-109-105-101)79-45-61-86(62-46-79)108-98-68-51-80(77-47-63-93(64-48-77)110(87-25-13-7-14-26-87,88-27-15-8-16-28-88)89-29-17-9-18-30-89)71-96(98)97-72-81(52-69-99(97)108)78-49-65-94(66-50-78)111(90-31-19-10-20-32-90,91-33-21-11-22-34-91)92-35-23-12-24-36-92/h7-72H,1-6H3. The van der Waals surface area contributed by atoms with E-state index < -0.39 is 16.1 Å². The van der Waals surface area contributed by atoms with Crippen LogP contribution in [0.15, 0.2) is 400 Å². The van der Waals surface area contributed by atoms with E-state index in [0.29, 0.717) is 0 Å². The van der Waals surface area contributed by atoms with Gasteiger partial charge in [0.1, 0.15) is 11.0 Å². The maximum absolute atomic E-state index is 5.14. The summed E-state index contributed by atoms with van der Waals surface area (Å²) in [4.78, 5) is 2.34. The first-order valence-corrected chi connectivity index (χ1v) is 43.2. The molecular weight excluding hydrogens is 1390 g/mol. The van der Waals surface area contributed by atoms with E-state index in [-0.39, 0.29) is 10.8 Å². The van der Waals surface area contributed by atoms with Crippen LogP contribution in [0.3, 0.4) is 0 Å². The van der Waals surface area contributed by atoms with Gasteiger partial charge in [0.05, 0.1) is 28.4 Å². The lowest BCUT2D eigenvalue weighted by atomic mass is 9.86. The molecule has 18 aromatic rings. The van der Waals surface area contributed by atoms with Crippen molar-refractivity contribution < 1.29 is 0 Å². The lowest BCUT2D eigenvalue weighted by Crippen LogP contribution is -2.74. The van der Waals surface area contributed by atoms with E-state index in [4.69, 9.17) is 8.75 Å². The first kappa shape index (κ1) is 70.1. The first-order chi connectivity index (χ1) is 54.3. The third kappa shape index (κ3) is 12.9. The Kier molecular flexibility index (Phi) is 18.4. The number of nitrogens with zero attached hydrogens (tertiary/aromatic N) is 4. The van der Waals surface area contributed by atoms with Crippen LogP contribution in [0.5, 0.6) is 0 Å². The number of hydrogen-bond donors (Lipinski definition) is 0. The van der Waals surface area contributed by atoms with Crippen molar-refractivity contribution in [3.8, 4) is 61.3 Å². The molecule has 0 amide bonds. The highest BCUT2D eigenvalue weighted by molar-refractivity contribution is 7.20. The molecule has 0 atom stereocenters. The Morgan fingerprint density at radius 3 is 0.874 bits per heavy atom. The SMILES string of the molecule is CC(C)(C)c1ccc(-c2ccc(N(c3ccc(-c4ccc(C(C)(C)C)cc4)cc3)c3ccc(-c4ccc(-n5c6ccc(-c7ccc([Si](c8ccccc8)(c8ccccc8)c8ccccc8)cc7)cc6c6cc(-c7ccc([Si](c8ccccc8)(c8ccccc8)c8ccccc8)cc7)ccc65)cc4)c4nsnc34)cc2)cc1. The summed E-state index contributed by atoms with van der Waals surface area (Å²) in [6.45, 7) is 13.6. The summed E-state index contributed by atoms with van der Waals surface area (Å²) in [5.74, 6) is 0. The third-order valence-electron chi connectivity index (χ3n) is 22.8. The predicted octanol–water partition coefficient (Wildman–Crippen LogP) is 21.9. The van der Waals surface area contributed by atoms with Crippen LogP contribution in [-0.4, -0.2) is 29.5 Å². The summed E-state index contributed by atoms with van der Waals surface area (Å²) in [7, 11) is -5.51. The molecule has 0 N–H and O–H groups in total. The minimum Gasteiger partial charge on any atom is -0.309 e. The van der Waals surface area contributed by atoms with Gasteiger partial charge in [-0.2, -0.15) is 8.75 Å². The first-order valence-electron chi connectivity index (χ1n) is 38.5. The van der Waals surface area contributed by atoms with Crippen LogP contribution in [0.25, 0.3) is 94.2 Å². The average Bonchev–Trinajstić information content (AvgIpc) is 1.73. The van der Waals surface area contributed by atoms with Gasteiger partial charge >= 0.3 is 0 Å². The van der Waals surface area contributed by atoms with Crippen LogP contribution in [0.2, 0.25) is 0 Å². The zero-order chi connectivity index (χ0) is 75.3. The molecule has 0 saturated heterocycles. The number of anilines is 3. The lowest BCUT2D eigenvalue weighted by Gasteiger charge is -2.34. The average molecular weight is 1480 g/mol. The van der Waals surface area contributed by atoms with Crippen molar-refractivity contribution in [3.63, 3.8) is 0 Å². The lowest BCUT2D eigenvalue weighted by molar-refractivity contribution is 0.590. The molecule has 2 aromatic heterocycles. The summed E-state index contributed by atoms with van der Waals surface area (Å²) in [6, 6.07) is 150. The van der Waals surface area contributed by atoms with Crippen molar-refractivity contribution in [1.29, 1.82) is 0 Å². The number of hydrogen-bond acceptors (Lipinski definition) is 4. The molecule has 111 heavy (non-hydrogen) atoms. The molecule has 0 saturated carbocycles. The molecule has 16 aromatic carbocycles. The van der Waals surface area contributed by atoms with Crippen molar-refractivity contribution in [1.82, 2.24) is 13.3 Å². The molecule has 0 unspecified atom stereocenters.